The Kier molecular flexibility index (Phi) is 4.57. The SMILES string of the molecule is CC(Nc1ccc(F)c(C(N)=O)c1)c1ccc(F)cc1Br. The average molecular weight is 355 g/mol. The maximum Gasteiger partial charge on any atom is 0.251 e. The minimum atomic E-state index is -0.827. The molecular weight excluding hydrogens is 342 g/mol. The fourth-order valence-electron chi connectivity index (χ4n) is 1.98. The van der Waals surface area contributed by atoms with Crippen molar-refractivity contribution in [3.05, 3.63) is 63.6 Å². The van der Waals surface area contributed by atoms with E-state index in [0.717, 1.165) is 5.56 Å². The largest absolute Gasteiger partial charge is 0.378 e. The number of amides is 1. The van der Waals surface area contributed by atoms with Gasteiger partial charge in [0.1, 0.15) is 11.6 Å². The molecule has 0 aromatic heterocycles. The van der Waals surface area contributed by atoms with Gasteiger partial charge in [0.05, 0.1) is 5.56 Å². The Bertz CT molecular complexity index is 691. The Morgan fingerprint density at radius 2 is 1.95 bits per heavy atom. The van der Waals surface area contributed by atoms with Gasteiger partial charge in [-0.15, -0.1) is 0 Å². The first-order valence-electron chi connectivity index (χ1n) is 6.19. The predicted molar refractivity (Wildman–Crippen MR) is 81.1 cm³/mol. The molecule has 2 rings (SSSR count). The van der Waals surface area contributed by atoms with E-state index >= 15 is 0 Å². The van der Waals surface area contributed by atoms with Crippen LogP contribution in [0.3, 0.4) is 0 Å². The topological polar surface area (TPSA) is 55.1 Å². The molecule has 1 atom stereocenters. The Morgan fingerprint density at radius 3 is 2.57 bits per heavy atom. The number of nitrogens with one attached hydrogen (secondary N) is 1. The van der Waals surface area contributed by atoms with E-state index in [-0.39, 0.29) is 17.4 Å². The molecule has 21 heavy (non-hydrogen) atoms. The lowest BCUT2D eigenvalue weighted by Crippen LogP contribution is -2.14. The van der Waals surface area contributed by atoms with E-state index in [1.54, 1.807) is 6.07 Å². The standard InChI is InChI=1S/C15H13BrF2N2O/c1-8(11-4-2-9(17)6-13(11)16)20-10-3-5-14(18)12(7-10)15(19)21/h2-8,20H,1H3,(H2,19,21). The molecule has 0 heterocycles. The van der Waals surface area contributed by atoms with Crippen LogP contribution in [0.5, 0.6) is 0 Å². The fraction of sp³-hybridized carbons (Fsp3) is 0.133. The van der Waals surface area contributed by atoms with Gasteiger partial charge < -0.3 is 11.1 Å². The molecule has 2 aromatic rings. The number of carbonyl (C=O) groups is 1. The molecular formula is C15H13BrF2N2O. The second kappa shape index (κ2) is 6.22. The maximum absolute atomic E-state index is 13.4. The van der Waals surface area contributed by atoms with Crippen molar-refractivity contribution >= 4 is 27.5 Å². The minimum Gasteiger partial charge on any atom is -0.378 e. The highest BCUT2D eigenvalue weighted by molar-refractivity contribution is 9.10. The van der Waals surface area contributed by atoms with Gasteiger partial charge in [0.25, 0.3) is 5.91 Å². The number of nitrogens with two attached hydrogens (primary N) is 1. The van der Waals surface area contributed by atoms with Crippen LogP contribution >= 0.6 is 15.9 Å². The molecule has 6 heteroatoms. The number of anilines is 1. The van der Waals surface area contributed by atoms with Gasteiger partial charge >= 0.3 is 0 Å². The van der Waals surface area contributed by atoms with Crippen molar-refractivity contribution in [2.24, 2.45) is 5.73 Å². The predicted octanol–water partition coefficient (Wildman–Crippen LogP) is 4.00. The van der Waals surface area contributed by atoms with Crippen LogP contribution in [0, 0.1) is 11.6 Å². The first-order chi connectivity index (χ1) is 9.88. The van der Waals surface area contributed by atoms with Crippen LogP contribution in [-0.2, 0) is 0 Å². The van der Waals surface area contributed by atoms with Gasteiger partial charge in [-0.25, -0.2) is 8.78 Å². The van der Waals surface area contributed by atoms with Crippen molar-refractivity contribution < 1.29 is 13.6 Å². The number of rotatable bonds is 4. The summed E-state index contributed by atoms with van der Waals surface area (Å²) < 4.78 is 27.1. The van der Waals surface area contributed by atoms with E-state index in [1.165, 1.54) is 30.3 Å². The zero-order valence-electron chi connectivity index (χ0n) is 11.2. The van der Waals surface area contributed by atoms with Crippen LogP contribution < -0.4 is 11.1 Å². The quantitative estimate of drug-likeness (QED) is 0.871. The van der Waals surface area contributed by atoms with Crippen molar-refractivity contribution in [3.63, 3.8) is 0 Å². The number of carbonyl (C=O) groups excluding carboxylic acids is 1. The smallest absolute Gasteiger partial charge is 0.251 e. The van der Waals surface area contributed by atoms with Crippen molar-refractivity contribution in [2.45, 2.75) is 13.0 Å². The molecule has 0 bridgehead atoms. The van der Waals surface area contributed by atoms with Crippen LogP contribution in [0.25, 0.3) is 0 Å². The van der Waals surface area contributed by atoms with Gasteiger partial charge in [0, 0.05) is 16.2 Å². The number of halogens is 3. The van der Waals surface area contributed by atoms with Crippen LogP contribution in [0.1, 0.15) is 28.9 Å². The molecule has 1 amide bonds. The van der Waals surface area contributed by atoms with Gasteiger partial charge in [-0.2, -0.15) is 0 Å². The molecule has 0 saturated carbocycles. The minimum absolute atomic E-state index is 0.175. The molecule has 0 radical (unpaired) electrons. The summed E-state index contributed by atoms with van der Waals surface area (Å²) in [7, 11) is 0. The van der Waals surface area contributed by atoms with E-state index in [2.05, 4.69) is 21.2 Å². The second-order valence-electron chi connectivity index (χ2n) is 4.59. The number of hydrogen-bond donors (Lipinski definition) is 2. The Morgan fingerprint density at radius 1 is 1.24 bits per heavy atom. The lowest BCUT2D eigenvalue weighted by molar-refractivity contribution is 0.0996. The van der Waals surface area contributed by atoms with E-state index in [4.69, 9.17) is 5.73 Å². The van der Waals surface area contributed by atoms with E-state index in [0.29, 0.717) is 10.2 Å². The summed E-state index contributed by atoms with van der Waals surface area (Å²) in [6.07, 6.45) is 0. The van der Waals surface area contributed by atoms with Crippen LogP contribution in [-0.4, -0.2) is 5.91 Å². The number of hydrogen-bond acceptors (Lipinski definition) is 2. The normalized spacial score (nSPS) is 12.0. The highest BCUT2D eigenvalue weighted by Gasteiger charge is 2.13. The zero-order valence-corrected chi connectivity index (χ0v) is 12.7. The third-order valence-electron chi connectivity index (χ3n) is 3.04. The first kappa shape index (κ1) is 15.4. The molecule has 2 aromatic carbocycles. The fourth-order valence-corrected chi connectivity index (χ4v) is 2.68. The molecule has 0 aliphatic carbocycles. The summed E-state index contributed by atoms with van der Waals surface area (Å²) in [5.74, 6) is -1.83. The van der Waals surface area contributed by atoms with Gasteiger partial charge in [-0.1, -0.05) is 22.0 Å². The van der Waals surface area contributed by atoms with Gasteiger partial charge in [-0.3, -0.25) is 4.79 Å². The summed E-state index contributed by atoms with van der Waals surface area (Å²) in [5.41, 5.74) is 6.32. The van der Waals surface area contributed by atoms with E-state index in [9.17, 15) is 13.6 Å². The maximum atomic E-state index is 13.4. The van der Waals surface area contributed by atoms with Crippen molar-refractivity contribution in [2.75, 3.05) is 5.32 Å². The lowest BCUT2D eigenvalue weighted by atomic mass is 10.1. The second-order valence-corrected chi connectivity index (χ2v) is 5.45. The van der Waals surface area contributed by atoms with E-state index < -0.39 is 11.7 Å². The summed E-state index contributed by atoms with van der Waals surface area (Å²) in [6.45, 7) is 1.87. The van der Waals surface area contributed by atoms with Crippen LogP contribution in [0.15, 0.2) is 40.9 Å². The monoisotopic (exact) mass is 354 g/mol. The molecule has 0 saturated heterocycles. The summed E-state index contributed by atoms with van der Waals surface area (Å²) in [6, 6.07) is 8.24. The highest BCUT2D eigenvalue weighted by Crippen LogP contribution is 2.27. The highest BCUT2D eigenvalue weighted by atomic mass is 79.9. The first-order valence-corrected chi connectivity index (χ1v) is 6.98. The van der Waals surface area contributed by atoms with Crippen molar-refractivity contribution in [3.8, 4) is 0 Å². The molecule has 1 unspecified atom stereocenters. The summed E-state index contributed by atoms with van der Waals surface area (Å²) in [4.78, 5) is 11.1. The number of primary amides is 1. The Labute approximate surface area is 129 Å². The zero-order chi connectivity index (χ0) is 15.6. The summed E-state index contributed by atoms with van der Waals surface area (Å²) >= 11 is 3.30. The summed E-state index contributed by atoms with van der Waals surface area (Å²) in [5, 5.41) is 3.11. The molecule has 0 fully saturated rings. The van der Waals surface area contributed by atoms with Gasteiger partial charge in [0.2, 0.25) is 0 Å². The molecule has 3 nitrogen and oxygen atoms in total. The van der Waals surface area contributed by atoms with Crippen LogP contribution in [0.4, 0.5) is 14.5 Å². The molecule has 110 valence electrons. The van der Waals surface area contributed by atoms with Crippen LogP contribution in [0.2, 0.25) is 0 Å². The molecule has 0 spiro atoms. The van der Waals surface area contributed by atoms with E-state index in [1.807, 2.05) is 6.92 Å². The molecule has 0 aliphatic rings. The Hall–Kier alpha value is -1.95. The third kappa shape index (κ3) is 3.58. The van der Waals surface area contributed by atoms with Gasteiger partial charge in [0.15, 0.2) is 0 Å². The molecule has 3 N–H and O–H groups in total. The molecule has 0 aliphatic heterocycles. The Balaban J connectivity index is 2.25. The number of benzene rings is 2. The van der Waals surface area contributed by atoms with Crippen molar-refractivity contribution in [1.82, 2.24) is 0 Å². The lowest BCUT2D eigenvalue weighted by Gasteiger charge is -2.17. The van der Waals surface area contributed by atoms with Crippen molar-refractivity contribution in [1.29, 1.82) is 0 Å². The van der Waals surface area contributed by atoms with Gasteiger partial charge in [-0.05, 0) is 42.8 Å². The third-order valence-corrected chi connectivity index (χ3v) is 3.73. The average Bonchev–Trinajstić information content (AvgIpc) is 2.40.